The highest BCUT2D eigenvalue weighted by atomic mass is 16.5. The molecule has 0 radical (unpaired) electrons. The number of fused-ring (bicyclic) bond motifs is 1. The van der Waals surface area contributed by atoms with Crippen LogP contribution >= 0.6 is 0 Å². The summed E-state index contributed by atoms with van der Waals surface area (Å²) in [5, 5.41) is 13.7. The van der Waals surface area contributed by atoms with Gasteiger partial charge in [0, 0.05) is 18.5 Å². The zero-order valence-corrected chi connectivity index (χ0v) is 8.99. The molecule has 2 rings (SSSR count). The molecule has 0 saturated heterocycles. The smallest absolute Gasteiger partial charge is 0.125 e. The van der Waals surface area contributed by atoms with Crippen LogP contribution in [-0.2, 0) is 5.60 Å². The number of nitrogens with one attached hydrogen (secondary N) is 1. The third-order valence-corrected chi connectivity index (χ3v) is 2.83. The second-order valence-electron chi connectivity index (χ2n) is 3.91. The lowest BCUT2D eigenvalue weighted by molar-refractivity contribution is -0.00168. The summed E-state index contributed by atoms with van der Waals surface area (Å²) in [5.74, 6) is 0.809. The van der Waals surface area contributed by atoms with E-state index in [4.69, 9.17) is 4.74 Å². The van der Waals surface area contributed by atoms with Crippen LogP contribution in [-0.4, -0.2) is 24.8 Å². The lowest BCUT2D eigenvalue weighted by atomic mass is 9.88. The molecule has 1 aliphatic rings. The van der Waals surface area contributed by atoms with Crippen molar-refractivity contribution in [3.8, 4) is 5.75 Å². The average Bonchev–Trinajstić information content (AvgIpc) is 2.27. The quantitative estimate of drug-likeness (QED) is 0.784. The van der Waals surface area contributed by atoms with E-state index in [9.17, 15) is 5.11 Å². The summed E-state index contributed by atoms with van der Waals surface area (Å²) in [6.07, 6.45) is 0.650. The summed E-state index contributed by atoms with van der Waals surface area (Å²) in [6.45, 7) is 4.07. The van der Waals surface area contributed by atoms with Crippen molar-refractivity contribution in [2.75, 3.05) is 19.7 Å². The predicted molar refractivity (Wildman–Crippen MR) is 59.0 cm³/mol. The Labute approximate surface area is 90.1 Å². The van der Waals surface area contributed by atoms with E-state index >= 15 is 0 Å². The van der Waals surface area contributed by atoms with Crippen LogP contribution in [0.5, 0.6) is 5.75 Å². The number of likely N-dealkylation sites (N-methyl/N-ethyl adjacent to an activating group) is 1. The zero-order chi connectivity index (χ0) is 10.7. The Balaban J connectivity index is 2.27. The minimum absolute atomic E-state index is 0.582. The van der Waals surface area contributed by atoms with Crippen LogP contribution in [0, 0.1) is 0 Å². The fraction of sp³-hybridized carbons (Fsp3) is 0.500. The first-order valence-electron chi connectivity index (χ1n) is 5.42. The van der Waals surface area contributed by atoms with Crippen molar-refractivity contribution in [1.82, 2.24) is 5.32 Å². The second-order valence-corrected chi connectivity index (χ2v) is 3.91. The number of ether oxygens (including phenoxy) is 1. The molecule has 1 aliphatic heterocycles. The van der Waals surface area contributed by atoms with E-state index in [1.807, 2.05) is 31.2 Å². The number of rotatable bonds is 3. The molecule has 0 amide bonds. The van der Waals surface area contributed by atoms with Gasteiger partial charge in [0.15, 0.2) is 0 Å². The van der Waals surface area contributed by atoms with Gasteiger partial charge in [-0.15, -0.1) is 0 Å². The number of benzene rings is 1. The Bertz CT molecular complexity index is 340. The van der Waals surface area contributed by atoms with Crippen molar-refractivity contribution in [3.63, 3.8) is 0 Å². The van der Waals surface area contributed by atoms with Gasteiger partial charge in [-0.3, -0.25) is 0 Å². The van der Waals surface area contributed by atoms with Crippen molar-refractivity contribution in [2.24, 2.45) is 0 Å². The number of aliphatic hydroxyl groups is 1. The summed E-state index contributed by atoms with van der Waals surface area (Å²) in [5.41, 5.74) is 0.127. The second kappa shape index (κ2) is 4.21. The molecule has 1 unspecified atom stereocenters. The van der Waals surface area contributed by atoms with Crippen LogP contribution < -0.4 is 10.1 Å². The van der Waals surface area contributed by atoms with E-state index in [0.29, 0.717) is 19.6 Å². The minimum Gasteiger partial charge on any atom is -0.493 e. The maximum absolute atomic E-state index is 10.5. The molecule has 0 aromatic heterocycles. The van der Waals surface area contributed by atoms with Gasteiger partial charge in [-0.1, -0.05) is 25.1 Å². The van der Waals surface area contributed by atoms with Gasteiger partial charge in [-0.25, -0.2) is 0 Å². The molecule has 15 heavy (non-hydrogen) atoms. The van der Waals surface area contributed by atoms with Gasteiger partial charge >= 0.3 is 0 Å². The molecule has 1 aromatic rings. The summed E-state index contributed by atoms with van der Waals surface area (Å²) < 4.78 is 5.51. The highest BCUT2D eigenvalue weighted by Crippen LogP contribution is 2.36. The molecule has 0 aliphatic carbocycles. The van der Waals surface area contributed by atoms with Gasteiger partial charge < -0.3 is 15.2 Å². The van der Waals surface area contributed by atoms with Crippen molar-refractivity contribution >= 4 is 0 Å². The maximum Gasteiger partial charge on any atom is 0.125 e. The van der Waals surface area contributed by atoms with E-state index in [1.165, 1.54) is 0 Å². The van der Waals surface area contributed by atoms with E-state index in [2.05, 4.69) is 5.32 Å². The van der Waals surface area contributed by atoms with Crippen molar-refractivity contribution < 1.29 is 9.84 Å². The van der Waals surface area contributed by atoms with Gasteiger partial charge in [0.1, 0.15) is 11.4 Å². The Morgan fingerprint density at radius 2 is 2.27 bits per heavy atom. The van der Waals surface area contributed by atoms with Gasteiger partial charge in [0.2, 0.25) is 0 Å². The lowest BCUT2D eigenvalue weighted by Gasteiger charge is -2.34. The fourth-order valence-corrected chi connectivity index (χ4v) is 1.96. The minimum atomic E-state index is -0.773. The van der Waals surface area contributed by atoms with Gasteiger partial charge in [-0.05, 0) is 12.6 Å². The number of hydrogen-bond donors (Lipinski definition) is 2. The van der Waals surface area contributed by atoms with Crippen molar-refractivity contribution in [2.45, 2.75) is 18.9 Å². The van der Waals surface area contributed by atoms with Crippen LogP contribution in [0.1, 0.15) is 18.9 Å². The first kappa shape index (κ1) is 10.5. The SMILES string of the molecule is CCNCC1(O)CCOc2ccccc21. The van der Waals surface area contributed by atoms with E-state index in [0.717, 1.165) is 17.9 Å². The van der Waals surface area contributed by atoms with Crippen LogP contribution in [0.3, 0.4) is 0 Å². The molecule has 0 spiro atoms. The fourth-order valence-electron chi connectivity index (χ4n) is 1.96. The first-order valence-corrected chi connectivity index (χ1v) is 5.42. The van der Waals surface area contributed by atoms with Crippen LogP contribution in [0.15, 0.2) is 24.3 Å². The molecule has 82 valence electrons. The van der Waals surface area contributed by atoms with E-state index < -0.39 is 5.60 Å². The summed E-state index contributed by atoms with van der Waals surface area (Å²) in [4.78, 5) is 0. The standard InChI is InChI=1S/C12H17NO2/c1-2-13-9-12(14)7-8-15-11-6-4-3-5-10(11)12/h3-6,13-14H,2,7-9H2,1H3. The molecule has 0 fully saturated rings. The third-order valence-electron chi connectivity index (χ3n) is 2.83. The molecule has 0 saturated carbocycles. The molecule has 0 bridgehead atoms. The van der Waals surface area contributed by atoms with Crippen molar-refractivity contribution in [3.05, 3.63) is 29.8 Å². The van der Waals surface area contributed by atoms with Gasteiger partial charge in [0.05, 0.1) is 6.61 Å². The maximum atomic E-state index is 10.5. The zero-order valence-electron chi connectivity index (χ0n) is 8.99. The van der Waals surface area contributed by atoms with E-state index in [1.54, 1.807) is 0 Å². The molecule has 1 atom stereocenters. The van der Waals surface area contributed by atoms with Crippen LogP contribution in [0.2, 0.25) is 0 Å². The monoisotopic (exact) mass is 207 g/mol. The van der Waals surface area contributed by atoms with Gasteiger partial charge in [0.25, 0.3) is 0 Å². The summed E-state index contributed by atoms with van der Waals surface area (Å²) in [7, 11) is 0. The molecular weight excluding hydrogens is 190 g/mol. The highest BCUT2D eigenvalue weighted by Gasteiger charge is 2.34. The summed E-state index contributed by atoms with van der Waals surface area (Å²) >= 11 is 0. The highest BCUT2D eigenvalue weighted by molar-refractivity contribution is 5.39. The number of para-hydroxylation sites is 1. The van der Waals surface area contributed by atoms with Crippen molar-refractivity contribution in [1.29, 1.82) is 0 Å². The largest absolute Gasteiger partial charge is 0.493 e. The first-order chi connectivity index (χ1) is 7.26. The average molecular weight is 207 g/mol. The number of hydrogen-bond acceptors (Lipinski definition) is 3. The molecular formula is C12H17NO2. The Morgan fingerprint density at radius 3 is 3.07 bits per heavy atom. The molecule has 2 N–H and O–H groups in total. The van der Waals surface area contributed by atoms with E-state index in [-0.39, 0.29) is 0 Å². The van der Waals surface area contributed by atoms with Gasteiger partial charge in [-0.2, -0.15) is 0 Å². The third kappa shape index (κ3) is 1.98. The predicted octanol–water partition coefficient (Wildman–Crippen LogP) is 1.27. The molecule has 3 heteroatoms. The normalized spacial score (nSPS) is 24.4. The molecule has 1 heterocycles. The van der Waals surface area contributed by atoms with Crippen LogP contribution in [0.25, 0.3) is 0 Å². The molecule has 3 nitrogen and oxygen atoms in total. The Morgan fingerprint density at radius 1 is 1.47 bits per heavy atom. The van der Waals surface area contributed by atoms with Crippen LogP contribution in [0.4, 0.5) is 0 Å². The summed E-state index contributed by atoms with van der Waals surface area (Å²) in [6, 6.07) is 7.71. The topological polar surface area (TPSA) is 41.5 Å². The lowest BCUT2D eigenvalue weighted by Crippen LogP contribution is -2.41. The molecule has 1 aromatic carbocycles. The Kier molecular flexibility index (Phi) is 2.93. The Hall–Kier alpha value is -1.06.